The average Bonchev–Trinajstić information content (AvgIpc) is 1.74. The zero-order chi connectivity index (χ0) is 94.2. The Balaban J connectivity index is 0.000000124. The summed E-state index contributed by atoms with van der Waals surface area (Å²) >= 11 is 0. The molecule has 27 heteroatoms. The number of halogens is 13. The van der Waals surface area contributed by atoms with Gasteiger partial charge in [-0.1, -0.05) is 68.2 Å². The summed E-state index contributed by atoms with van der Waals surface area (Å²) in [5.41, 5.74) is 15.8. The summed E-state index contributed by atoms with van der Waals surface area (Å²) in [5.74, 6) is -8.00. The van der Waals surface area contributed by atoms with E-state index in [0.29, 0.717) is 47.9 Å². The fourth-order valence-electron chi connectivity index (χ4n) is 22.4. The normalized spacial score (nSPS) is 23.0. The molecule has 0 bridgehead atoms. The Kier molecular flexibility index (Phi) is 25.7. The maximum Gasteiger partial charge on any atom is 0.419 e. The second-order valence-corrected chi connectivity index (χ2v) is 37.6. The smallest absolute Gasteiger partial charge is 0.419 e. The van der Waals surface area contributed by atoms with E-state index in [-0.39, 0.29) is 92.7 Å². The fourth-order valence-corrected chi connectivity index (χ4v) is 22.4. The molecule has 12 aromatic rings. The monoisotopic (exact) mass is 1830 g/mol. The summed E-state index contributed by atoms with van der Waals surface area (Å²) in [6.45, 7) is 13.9. The van der Waals surface area contributed by atoms with Crippen LogP contribution in [0.5, 0.6) is 11.5 Å². The largest absolute Gasteiger partial charge is 0.494 e. The molecule has 4 N–H and O–H groups in total. The van der Waals surface area contributed by atoms with E-state index in [4.69, 9.17) is 9.47 Å². The summed E-state index contributed by atoms with van der Waals surface area (Å²) in [6, 6.07) is 36.1. The highest BCUT2D eigenvalue weighted by Gasteiger charge is 2.52. The molecule has 4 heterocycles. The van der Waals surface area contributed by atoms with Gasteiger partial charge in [-0.25, -0.2) is 53.9 Å². The molecule has 12 atom stereocenters. The van der Waals surface area contributed by atoms with Gasteiger partial charge in [0, 0.05) is 0 Å². The number of benzene rings is 8. The second kappa shape index (κ2) is 36.8. The van der Waals surface area contributed by atoms with Crippen molar-refractivity contribution < 1.29 is 87.0 Å². The molecule has 8 aliphatic carbocycles. The van der Waals surface area contributed by atoms with Gasteiger partial charge in [0.2, 0.25) is 11.6 Å². The van der Waals surface area contributed by atoms with Gasteiger partial charge >= 0.3 is 6.18 Å². The Hall–Kier alpha value is -11.9. The topological polar surface area (TPSA) is 171 Å². The molecule has 133 heavy (non-hydrogen) atoms. The molecule has 0 aliphatic heterocycles. The Morgan fingerprint density at radius 2 is 0.654 bits per heavy atom. The van der Waals surface area contributed by atoms with Crippen molar-refractivity contribution >= 4 is 24.3 Å². The molecule has 0 amide bonds. The first-order valence-electron chi connectivity index (χ1n) is 45.1. The Bertz CT molecular complexity index is 6490. The SMILES string of the molecule is CCOc1cc([C@H](O)[C@H]2CCCC3=Cc4c(cnn4-c4ccc(F)cc4)C[C@@]32C)cc(F)c1F.COc1cc([C@H](O)[C@H]2CCCC3=Cc4c(cnn4-c4ccc(F)cc4)C[C@@]32C)cc(F)c1F.C[C@]12Cc3cnn(-c4ccc(F)cc4)c3C=C1CCC[C@@H]2[C@@H](O)c1ccc(F)c(C(F)(F)F)c1.Cc1cc([C@H](O)[C@H]2CCCC3=Cc4c(cnn4-c4ccc(F)cc4)C[C@@]32C)cc(C)c1F. The van der Waals surface area contributed by atoms with Gasteiger partial charge in [-0.15, -0.1) is 0 Å². The van der Waals surface area contributed by atoms with Crippen LogP contribution in [0.4, 0.5) is 57.1 Å². The van der Waals surface area contributed by atoms with Gasteiger partial charge in [-0.05, 0) is 382 Å². The zero-order valence-corrected chi connectivity index (χ0v) is 74.8. The summed E-state index contributed by atoms with van der Waals surface area (Å²) in [4.78, 5) is 0. The number of methoxy groups -OCH3 is 1. The summed E-state index contributed by atoms with van der Waals surface area (Å²) < 4.78 is 195. The number of ether oxygens (including phenoxy) is 2. The third kappa shape index (κ3) is 17.6. The number of hydrogen-bond acceptors (Lipinski definition) is 10. The van der Waals surface area contributed by atoms with Gasteiger partial charge < -0.3 is 29.9 Å². The van der Waals surface area contributed by atoms with Crippen molar-refractivity contribution in [2.75, 3.05) is 13.7 Å². The van der Waals surface area contributed by atoms with Crippen LogP contribution in [0.15, 0.2) is 199 Å². The Morgan fingerprint density at radius 1 is 0.368 bits per heavy atom. The van der Waals surface area contributed by atoms with E-state index >= 15 is 0 Å². The van der Waals surface area contributed by atoms with E-state index in [0.717, 1.165) is 180 Å². The standard InChI is InChI=1S/C27H27F3N2O2.C27H28F2N2O.C26H23F5N2O.C26H25F3N2O2/c1-3-34-24-12-16(11-22(29)25(24)30)26(33)21-6-4-5-18-13-23-17(14-27(18,21)2)15-31-32(23)20-9-7-19(28)8-10-20;1-16-11-18(12-17(2)25(16)29)26(32)23-6-4-5-20-13-24-19(14-27(20,23)3)15-30-31(24)22-9-7-21(28)8-10-22;1-25-13-16-14-32-33(19-8-6-18(27)7-9-19)23(16)12-17(25)3-2-4-20(25)24(34)15-5-10-22(28)21(11-15)26(29,30)31;1-26-13-16-14-30-31(19-8-6-18(27)7-9-19)22(16)12-17(26)4-3-5-20(26)25(32)15-10-21(28)24(29)23(11-15)33-2/h7-13,15,21,26,33H,3-6,14H2,1-2H3;7-13,15,23,26,32H,4-6,14H2,1-3H3;5-12,14,20,24,34H,2-4,13H2,1H3;6-12,14,20,25,32H,3-5,13H2,1-2H3/t21-,26+,27+;23-,26+,27+;20-,24+,25+;20-,25+,26+/m1111/s1. The minimum Gasteiger partial charge on any atom is -0.494 e. The minimum atomic E-state index is -4.84. The second-order valence-electron chi connectivity index (χ2n) is 37.6. The maximum absolute atomic E-state index is 14.3. The van der Waals surface area contributed by atoms with Crippen molar-refractivity contribution in [3.63, 3.8) is 0 Å². The molecule has 694 valence electrons. The third-order valence-electron chi connectivity index (χ3n) is 29.6. The molecule has 4 aromatic heterocycles. The number of aryl methyl sites for hydroxylation is 2. The first-order valence-corrected chi connectivity index (χ1v) is 45.1. The number of nitrogens with zero attached hydrogens (tertiary/aromatic N) is 8. The lowest BCUT2D eigenvalue weighted by molar-refractivity contribution is -0.140. The molecule has 8 aliphatic rings. The molecule has 0 radical (unpaired) electrons. The van der Waals surface area contributed by atoms with Crippen LogP contribution < -0.4 is 9.47 Å². The molecular formula is C106H103F13N8O6. The lowest BCUT2D eigenvalue weighted by Gasteiger charge is -2.47. The van der Waals surface area contributed by atoms with Crippen molar-refractivity contribution in [2.24, 2.45) is 45.3 Å². The predicted octanol–water partition coefficient (Wildman–Crippen LogP) is 24.8. The molecule has 4 saturated carbocycles. The molecular weight excluding hydrogens is 1730 g/mol. The Labute approximate surface area is 762 Å². The van der Waals surface area contributed by atoms with Crippen LogP contribution in [0.3, 0.4) is 0 Å². The number of rotatable bonds is 15. The van der Waals surface area contributed by atoms with Gasteiger partial charge in [-0.2, -0.15) is 42.3 Å². The van der Waals surface area contributed by atoms with Crippen LogP contribution >= 0.6 is 0 Å². The molecule has 20 rings (SSSR count). The van der Waals surface area contributed by atoms with E-state index in [1.54, 1.807) is 92.3 Å². The van der Waals surface area contributed by atoms with Gasteiger partial charge in [0.1, 0.15) is 34.9 Å². The molecule has 0 unspecified atom stereocenters. The number of aliphatic hydroxyl groups is 4. The maximum atomic E-state index is 14.3. The van der Waals surface area contributed by atoms with E-state index in [2.05, 4.69) is 59.4 Å². The van der Waals surface area contributed by atoms with Gasteiger partial charge in [0.25, 0.3) is 0 Å². The first-order chi connectivity index (χ1) is 63.5. The van der Waals surface area contributed by atoms with E-state index < -0.39 is 70.7 Å². The lowest BCUT2D eigenvalue weighted by atomic mass is 9.57. The van der Waals surface area contributed by atoms with Crippen molar-refractivity contribution in [1.82, 2.24) is 39.1 Å². The number of fused-ring (bicyclic) bond motifs is 8. The van der Waals surface area contributed by atoms with Gasteiger partial charge in [-0.3, -0.25) is 0 Å². The molecule has 14 nitrogen and oxygen atoms in total. The summed E-state index contributed by atoms with van der Waals surface area (Å²) in [7, 11) is 1.28. The van der Waals surface area contributed by atoms with Crippen LogP contribution in [-0.4, -0.2) is 73.3 Å². The van der Waals surface area contributed by atoms with Crippen LogP contribution in [-0.2, 0) is 31.9 Å². The highest BCUT2D eigenvalue weighted by atomic mass is 19.4. The summed E-state index contributed by atoms with van der Waals surface area (Å²) in [5, 5.41) is 63.5. The number of allylic oxidation sites excluding steroid dienone is 4. The van der Waals surface area contributed by atoms with Crippen LogP contribution in [0, 0.1) is 117 Å². The van der Waals surface area contributed by atoms with Gasteiger partial charge in [0.15, 0.2) is 23.1 Å². The lowest BCUT2D eigenvalue weighted by Crippen LogP contribution is -2.40. The van der Waals surface area contributed by atoms with Gasteiger partial charge in [0.05, 0.1) is 114 Å². The van der Waals surface area contributed by atoms with Crippen LogP contribution in [0.1, 0.15) is 220 Å². The van der Waals surface area contributed by atoms with Crippen LogP contribution in [0.25, 0.3) is 47.1 Å². The zero-order valence-electron chi connectivity index (χ0n) is 74.8. The van der Waals surface area contributed by atoms with Crippen molar-refractivity contribution in [3.05, 3.63) is 341 Å². The molecule has 0 spiro atoms. The first kappa shape index (κ1) is 92.9. The number of aromatic nitrogens is 8. The highest BCUT2D eigenvalue weighted by molar-refractivity contribution is 5.66. The van der Waals surface area contributed by atoms with Crippen molar-refractivity contribution in [2.45, 2.75) is 182 Å². The fraction of sp³-hybridized carbons (Fsp3) is 0.358. The van der Waals surface area contributed by atoms with E-state index in [9.17, 15) is 77.5 Å². The van der Waals surface area contributed by atoms with E-state index in [1.807, 2.05) is 45.6 Å². The van der Waals surface area contributed by atoms with E-state index in [1.165, 1.54) is 90.6 Å². The predicted molar refractivity (Wildman–Crippen MR) is 480 cm³/mol. The molecule has 0 saturated heterocycles. The summed E-state index contributed by atoms with van der Waals surface area (Å²) in [6.07, 6.45) is 20.0. The average molecular weight is 1830 g/mol. The third-order valence-corrected chi connectivity index (χ3v) is 29.6. The highest BCUT2D eigenvalue weighted by Crippen LogP contribution is 2.60. The molecule has 8 aromatic carbocycles. The number of aliphatic hydroxyl groups excluding tert-OH is 4. The Morgan fingerprint density at radius 3 is 0.947 bits per heavy atom. The quantitative estimate of drug-likeness (QED) is 0.0725. The van der Waals surface area contributed by atoms with Crippen molar-refractivity contribution in [1.29, 1.82) is 0 Å². The number of alkyl halides is 3. The molecule has 4 fully saturated rings. The van der Waals surface area contributed by atoms with Crippen molar-refractivity contribution in [3.8, 4) is 34.2 Å². The minimum absolute atomic E-state index is 0.0362. The number of hydrogen-bond donors (Lipinski definition) is 4. The van der Waals surface area contributed by atoms with Crippen LogP contribution in [0.2, 0.25) is 0 Å².